The highest BCUT2D eigenvalue weighted by molar-refractivity contribution is 5.93. The molecule has 0 aliphatic heterocycles. The first-order valence-corrected chi connectivity index (χ1v) is 5.32. The van der Waals surface area contributed by atoms with Gasteiger partial charge in [-0.15, -0.1) is 0 Å². The highest BCUT2D eigenvalue weighted by Gasteiger charge is 2.29. The van der Waals surface area contributed by atoms with Crippen LogP contribution in [0.2, 0.25) is 0 Å². The lowest BCUT2D eigenvalue weighted by molar-refractivity contribution is -0.144. The van der Waals surface area contributed by atoms with Crippen LogP contribution < -0.4 is 0 Å². The van der Waals surface area contributed by atoms with E-state index in [1.165, 1.54) is 19.2 Å². The van der Waals surface area contributed by atoms with Crippen molar-refractivity contribution in [3.05, 3.63) is 35.4 Å². The zero-order valence-electron chi connectivity index (χ0n) is 10.1. The van der Waals surface area contributed by atoms with Gasteiger partial charge in [0.2, 0.25) is 5.91 Å². The summed E-state index contributed by atoms with van der Waals surface area (Å²) in [6, 6.07) is 4.36. The van der Waals surface area contributed by atoms with Gasteiger partial charge in [0.15, 0.2) is 0 Å². The van der Waals surface area contributed by atoms with Gasteiger partial charge < -0.3 is 10.0 Å². The molecule has 0 spiro atoms. The predicted molar refractivity (Wildman–Crippen MR) is 60.2 cm³/mol. The lowest BCUT2D eigenvalue weighted by Gasteiger charge is -2.16. The number of carboxylic acids is 1. The summed E-state index contributed by atoms with van der Waals surface area (Å²) in [5.41, 5.74) is -0.273. The van der Waals surface area contributed by atoms with Gasteiger partial charge in [-0.1, -0.05) is 12.1 Å². The Morgan fingerprint density at radius 3 is 2.16 bits per heavy atom. The van der Waals surface area contributed by atoms with Gasteiger partial charge >= 0.3 is 12.1 Å². The first-order chi connectivity index (χ1) is 8.70. The van der Waals surface area contributed by atoms with Crippen molar-refractivity contribution in [1.29, 1.82) is 0 Å². The smallest absolute Gasteiger partial charge is 0.416 e. The number of nitrogens with zero attached hydrogens (tertiary/aromatic N) is 1. The molecule has 1 amide bonds. The Hall–Kier alpha value is -2.05. The molecule has 104 valence electrons. The maximum absolute atomic E-state index is 12.3. The summed E-state index contributed by atoms with van der Waals surface area (Å²) < 4.78 is 37.0. The number of amides is 1. The molecule has 0 heterocycles. The minimum Gasteiger partial charge on any atom is -0.481 e. The molecule has 0 radical (unpaired) electrons. The molecule has 0 aromatic heterocycles. The lowest BCUT2D eigenvalue weighted by atomic mass is 10.1. The van der Waals surface area contributed by atoms with Crippen LogP contribution in [-0.2, 0) is 22.3 Å². The quantitative estimate of drug-likeness (QED) is 0.856. The van der Waals surface area contributed by atoms with Crippen molar-refractivity contribution < 1.29 is 27.9 Å². The van der Waals surface area contributed by atoms with E-state index in [2.05, 4.69) is 0 Å². The Kier molecular flexibility index (Phi) is 4.52. The van der Waals surface area contributed by atoms with E-state index >= 15 is 0 Å². The second kappa shape index (κ2) is 5.73. The Bertz CT molecular complexity index is 468. The maximum Gasteiger partial charge on any atom is 0.416 e. The van der Waals surface area contributed by atoms with Gasteiger partial charge in [0.05, 0.1) is 5.56 Å². The number of aliphatic carboxylic acids is 1. The fourth-order valence-electron chi connectivity index (χ4n) is 1.43. The molecule has 0 saturated carbocycles. The molecule has 0 aliphatic carbocycles. The van der Waals surface area contributed by atoms with Gasteiger partial charge in [-0.25, -0.2) is 0 Å². The first kappa shape index (κ1) is 15.0. The largest absolute Gasteiger partial charge is 0.481 e. The second-order valence-corrected chi connectivity index (χ2v) is 4.01. The third kappa shape index (κ3) is 4.61. The summed E-state index contributed by atoms with van der Waals surface area (Å²) in [4.78, 5) is 22.8. The predicted octanol–water partition coefficient (Wildman–Crippen LogP) is 2.14. The number of carboxylic acid groups (broad SMARTS) is 1. The number of rotatable bonds is 4. The molecular formula is C12H12F3NO3. The van der Waals surface area contributed by atoms with Crippen molar-refractivity contribution in [3.63, 3.8) is 0 Å². The van der Waals surface area contributed by atoms with Gasteiger partial charge in [0, 0.05) is 13.6 Å². The van der Waals surface area contributed by atoms with E-state index in [1.54, 1.807) is 0 Å². The average Bonchev–Trinajstić information content (AvgIpc) is 2.27. The molecule has 19 heavy (non-hydrogen) atoms. The fraction of sp³-hybridized carbons (Fsp3) is 0.333. The minimum absolute atomic E-state index is 0.0598. The van der Waals surface area contributed by atoms with Gasteiger partial charge in [0.25, 0.3) is 0 Å². The molecule has 0 bridgehead atoms. The van der Waals surface area contributed by atoms with Gasteiger partial charge in [-0.05, 0) is 17.7 Å². The summed E-state index contributed by atoms with van der Waals surface area (Å²) in [7, 11) is 1.39. The lowest BCUT2D eigenvalue weighted by Crippen LogP contribution is -2.28. The van der Waals surface area contributed by atoms with E-state index < -0.39 is 30.0 Å². The Balaban J connectivity index is 2.68. The Labute approximate surface area is 107 Å². The van der Waals surface area contributed by atoms with Crippen molar-refractivity contribution in [1.82, 2.24) is 4.90 Å². The van der Waals surface area contributed by atoms with E-state index in [9.17, 15) is 22.8 Å². The summed E-state index contributed by atoms with van der Waals surface area (Å²) in [5.74, 6) is -1.85. The van der Waals surface area contributed by atoms with Gasteiger partial charge in [-0.2, -0.15) is 13.2 Å². The summed E-state index contributed by atoms with van der Waals surface area (Å²) in [6.45, 7) is 0.0598. The summed E-state index contributed by atoms with van der Waals surface area (Å²) in [5, 5.41) is 8.45. The number of carbonyl (C=O) groups is 2. The molecule has 1 rings (SSSR count). The van der Waals surface area contributed by atoms with Crippen LogP contribution in [-0.4, -0.2) is 28.9 Å². The van der Waals surface area contributed by atoms with Crippen molar-refractivity contribution in [3.8, 4) is 0 Å². The fourth-order valence-corrected chi connectivity index (χ4v) is 1.43. The molecule has 0 fully saturated rings. The molecule has 0 aliphatic rings. The number of benzene rings is 1. The third-order valence-corrected chi connectivity index (χ3v) is 2.43. The second-order valence-electron chi connectivity index (χ2n) is 4.01. The highest BCUT2D eigenvalue weighted by atomic mass is 19.4. The molecule has 0 saturated heterocycles. The highest BCUT2D eigenvalue weighted by Crippen LogP contribution is 2.29. The van der Waals surface area contributed by atoms with Gasteiger partial charge in [-0.3, -0.25) is 9.59 Å². The molecule has 7 heteroatoms. The normalized spacial score (nSPS) is 11.2. The monoisotopic (exact) mass is 275 g/mol. The zero-order valence-corrected chi connectivity index (χ0v) is 10.1. The molecule has 1 aromatic rings. The SMILES string of the molecule is CN(Cc1ccc(C(F)(F)F)cc1)C(=O)CC(=O)O. The van der Waals surface area contributed by atoms with Crippen LogP contribution in [0.1, 0.15) is 17.5 Å². The standard InChI is InChI=1S/C12H12F3NO3/c1-16(10(17)6-11(18)19)7-8-2-4-9(5-3-8)12(13,14)15/h2-5H,6-7H2,1H3,(H,18,19). The van der Waals surface area contributed by atoms with Crippen LogP contribution in [0.5, 0.6) is 0 Å². The van der Waals surface area contributed by atoms with Crippen molar-refractivity contribution in [2.75, 3.05) is 7.05 Å². The van der Waals surface area contributed by atoms with Crippen LogP contribution in [0.4, 0.5) is 13.2 Å². The van der Waals surface area contributed by atoms with E-state index in [0.29, 0.717) is 5.56 Å². The molecular weight excluding hydrogens is 263 g/mol. The Morgan fingerprint density at radius 1 is 1.21 bits per heavy atom. The van der Waals surface area contributed by atoms with Crippen LogP contribution in [0, 0.1) is 0 Å². The van der Waals surface area contributed by atoms with Crippen LogP contribution >= 0.6 is 0 Å². The van der Waals surface area contributed by atoms with Crippen molar-refractivity contribution in [2.24, 2.45) is 0 Å². The number of hydrogen-bond acceptors (Lipinski definition) is 2. The third-order valence-electron chi connectivity index (χ3n) is 2.43. The zero-order chi connectivity index (χ0) is 14.6. The van der Waals surface area contributed by atoms with Crippen LogP contribution in [0.3, 0.4) is 0 Å². The van der Waals surface area contributed by atoms with E-state index in [-0.39, 0.29) is 6.54 Å². The summed E-state index contributed by atoms with van der Waals surface area (Å²) in [6.07, 6.45) is -5.04. The van der Waals surface area contributed by atoms with Gasteiger partial charge in [0.1, 0.15) is 6.42 Å². The minimum atomic E-state index is -4.40. The molecule has 1 aromatic carbocycles. The maximum atomic E-state index is 12.3. The number of carbonyl (C=O) groups excluding carboxylic acids is 1. The summed E-state index contributed by atoms with van der Waals surface area (Å²) >= 11 is 0. The Morgan fingerprint density at radius 2 is 1.74 bits per heavy atom. The molecule has 4 nitrogen and oxygen atoms in total. The number of halogens is 3. The van der Waals surface area contributed by atoms with Crippen molar-refractivity contribution in [2.45, 2.75) is 19.1 Å². The number of alkyl halides is 3. The van der Waals surface area contributed by atoms with E-state index in [1.807, 2.05) is 0 Å². The van der Waals surface area contributed by atoms with E-state index in [4.69, 9.17) is 5.11 Å². The first-order valence-electron chi connectivity index (χ1n) is 5.32. The topological polar surface area (TPSA) is 57.6 Å². The van der Waals surface area contributed by atoms with Crippen LogP contribution in [0.15, 0.2) is 24.3 Å². The molecule has 0 unspecified atom stereocenters. The van der Waals surface area contributed by atoms with Crippen LogP contribution in [0.25, 0.3) is 0 Å². The molecule has 1 N–H and O–H groups in total. The average molecular weight is 275 g/mol. The molecule has 0 atom stereocenters. The van der Waals surface area contributed by atoms with Crippen molar-refractivity contribution >= 4 is 11.9 Å². The number of hydrogen-bond donors (Lipinski definition) is 1. The van der Waals surface area contributed by atoms with E-state index in [0.717, 1.165) is 17.0 Å².